The van der Waals surface area contributed by atoms with Gasteiger partial charge in [-0.2, -0.15) is 0 Å². The first-order valence-corrected chi connectivity index (χ1v) is 12.1. The smallest absolute Gasteiger partial charge is 0.253 e. The van der Waals surface area contributed by atoms with Gasteiger partial charge in [0.25, 0.3) is 5.91 Å². The van der Waals surface area contributed by atoms with Gasteiger partial charge >= 0.3 is 0 Å². The van der Waals surface area contributed by atoms with E-state index in [-0.39, 0.29) is 29.6 Å². The van der Waals surface area contributed by atoms with Crippen LogP contribution in [-0.2, 0) is 4.79 Å². The van der Waals surface area contributed by atoms with Gasteiger partial charge in [-0.3, -0.25) is 14.6 Å². The van der Waals surface area contributed by atoms with Crippen molar-refractivity contribution in [2.75, 3.05) is 26.2 Å². The van der Waals surface area contributed by atoms with Crippen molar-refractivity contribution in [1.82, 2.24) is 20.5 Å². The Morgan fingerprint density at radius 2 is 1.82 bits per heavy atom. The van der Waals surface area contributed by atoms with Crippen LogP contribution in [0.1, 0.15) is 55.3 Å². The monoisotopic (exact) mass is 452 g/mol. The van der Waals surface area contributed by atoms with E-state index in [4.69, 9.17) is 0 Å². The average molecular weight is 453 g/mol. The first-order chi connectivity index (χ1) is 16.1. The lowest BCUT2D eigenvalue weighted by molar-refractivity contribution is -0.126. The molecule has 1 aliphatic carbocycles. The minimum absolute atomic E-state index is 0.0340. The fourth-order valence-electron chi connectivity index (χ4n) is 4.78. The zero-order valence-corrected chi connectivity index (χ0v) is 19.1. The molecule has 1 aliphatic heterocycles. The molecule has 1 aromatic carbocycles. The third-order valence-electron chi connectivity index (χ3n) is 6.76. The van der Waals surface area contributed by atoms with E-state index in [9.17, 15) is 14.0 Å². The third-order valence-corrected chi connectivity index (χ3v) is 6.76. The number of likely N-dealkylation sites (tertiary alicyclic amines) is 1. The highest BCUT2D eigenvalue weighted by Gasteiger charge is 2.27. The Labute approximate surface area is 195 Å². The molecule has 0 radical (unpaired) electrons. The topological polar surface area (TPSA) is 74.3 Å². The summed E-state index contributed by atoms with van der Waals surface area (Å²) in [6.07, 6.45) is 8.54. The molecule has 176 valence electrons. The van der Waals surface area contributed by atoms with Crippen LogP contribution in [-0.4, -0.2) is 53.9 Å². The maximum atomic E-state index is 13.4. The summed E-state index contributed by atoms with van der Waals surface area (Å²) in [5.41, 5.74) is 1.78. The second kappa shape index (κ2) is 11.4. The number of carbonyl (C=O) groups excluding carboxylic acids is 2. The molecule has 2 N–H and O–H groups in total. The molecule has 2 aromatic rings. The molecule has 1 saturated heterocycles. The largest absolute Gasteiger partial charge is 0.355 e. The predicted octanol–water partition coefficient (Wildman–Crippen LogP) is 3.78. The zero-order chi connectivity index (χ0) is 23.0. The summed E-state index contributed by atoms with van der Waals surface area (Å²) in [4.78, 5) is 31.9. The van der Waals surface area contributed by atoms with E-state index in [2.05, 4.69) is 20.5 Å². The Hall–Kier alpha value is -2.80. The van der Waals surface area contributed by atoms with Gasteiger partial charge in [0, 0.05) is 36.8 Å². The van der Waals surface area contributed by atoms with E-state index in [1.165, 1.54) is 37.6 Å². The molecule has 7 heteroatoms. The number of piperidine rings is 1. The molecular formula is C26H33FN4O2. The summed E-state index contributed by atoms with van der Waals surface area (Å²) in [6.45, 7) is 3.94. The first-order valence-electron chi connectivity index (χ1n) is 12.1. The number of nitrogens with one attached hydrogen (secondary N) is 2. The highest BCUT2D eigenvalue weighted by molar-refractivity contribution is 5.94. The Kier molecular flexibility index (Phi) is 8.05. The van der Waals surface area contributed by atoms with Gasteiger partial charge in [-0.05, 0) is 75.9 Å². The Morgan fingerprint density at radius 3 is 2.52 bits per heavy atom. The summed E-state index contributed by atoms with van der Waals surface area (Å²) in [5, 5.41) is 6.18. The van der Waals surface area contributed by atoms with Crippen LogP contribution >= 0.6 is 0 Å². The molecule has 6 nitrogen and oxygen atoms in total. The second-order valence-corrected chi connectivity index (χ2v) is 9.16. The number of halogens is 1. The maximum absolute atomic E-state index is 13.4. The van der Waals surface area contributed by atoms with Gasteiger partial charge in [-0.15, -0.1) is 0 Å². The van der Waals surface area contributed by atoms with Crippen LogP contribution in [0.15, 0.2) is 42.6 Å². The number of amides is 2. The molecule has 0 spiro atoms. The molecule has 0 atom stereocenters. The van der Waals surface area contributed by atoms with Gasteiger partial charge < -0.3 is 15.5 Å². The molecule has 0 unspecified atom stereocenters. The standard InChI is InChI=1S/C26H33FN4O2/c27-22-6-4-5-20(17-22)24-12-9-21(18-29-24)26(33)30-23-10-7-19(8-11-23)25(32)28-13-16-31-14-2-1-3-15-31/h4-6,9,12,17-19,23H,1-3,7-8,10-11,13-16H2,(H,28,32)(H,30,33). The predicted molar refractivity (Wildman–Crippen MR) is 126 cm³/mol. The van der Waals surface area contributed by atoms with Crippen LogP contribution < -0.4 is 10.6 Å². The van der Waals surface area contributed by atoms with Crippen LogP contribution in [0.2, 0.25) is 0 Å². The van der Waals surface area contributed by atoms with Crippen LogP contribution in [0.4, 0.5) is 4.39 Å². The number of benzene rings is 1. The minimum atomic E-state index is -0.317. The molecule has 2 heterocycles. The van der Waals surface area contributed by atoms with E-state index >= 15 is 0 Å². The van der Waals surface area contributed by atoms with E-state index in [0.29, 0.717) is 23.4 Å². The fourth-order valence-corrected chi connectivity index (χ4v) is 4.78. The Balaban J connectivity index is 1.19. The number of pyridine rings is 1. The number of rotatable bonds is 7. The Morgan fingerprint density at radius 1 is 1.03 bits per heavy atom. The molecule has 2 amide bonds. The average Bonchev–Trinajstić information content (AvgIpc) is 2.85. The van der Waals surface area contributed by atoms with Gasteiger partial charge in [-0.1, -0.05) is 18.6 Å². The van der Waals surface area contributed by atoms with Crippen molar-refractivity contribution >= 4 is 11.8 Å². The summed E-state index contributed by atoms with van der Waals surface area (Å²) in [6, 6.07) is 9.74. The van der Waals surface area contributed by atoms with E-state index in [1.807, 2.05) is 0 Å². The molecule has 2 fully saturated rings. The summed E-state index contributed by atoms with van der Waals surface area (Å²) in [5.74, 6) is -0.300. The number of hydrogen-bond acceptors (Lipinski definition) is 4. The number of hydrogen-bond donors (Lipinski definition) is 2. The lowest BCUT2D eigenvalue weighted by Crippen LogP contribution is -2.43. The maximum Gasteiger partial charge on any atom is 0.253 e. The van der Waals surface area contributed by atoms with Crippen molar-refractivity contribution in [3.05, 3.63) is 54.0 Å². The molecule has 33 heavy (non-hydrogen) atoms. The van der Waals surface area contributed by atoms with Gasteiger partial charge in [0.2, 0.25) is 5.91 Å². The first kappa shape index (κ1) is 23.4. The molecule has 0 bridgehead atoms. The highest BCUT2D eigenvalue weighted by atomic mass is 19.1. The molecule has 1 saturated carbocycles. The van der Waals surface area contributed by atoms with E-state index in [0.717, 1.165) is 45.3 Å². The molecule has 2 aliphatic rings. The van der Waals surface area contributed by atoms with Crippen molar-refractivity contribution in [3.63, 3.8) is 0 Å². The van der Waals surface area contributed by atoms with Crippen molar-refractivity contribution in [2.24, 2.45) is 5.92 Å². The number of nitrogens with zero attached hydrogens (tertiary/aromatic N) is 2. The van der Waals surface area contributed by atoms with Gasteiger partial charge in [0.15, 0.2) is 0 Å². The summed E-state index contributed by atoms with van der Waals surface area (Å²) >= 11 is 0. The SMILES string of the molecule is O=C(NC1CCC(C(=O)NCCN2CCCCC2)CC1)c1ccc(-c2cccc(F)c2)nc1. The molecular weight excluding hydrogens is 419 g/mol. The van der Waals surface area contributed by atoms with Crippen LogP contribution in [0, 0.1) is 11.7 Å². The van der Waals surface area contributed by atoms with Gasteiger partial charge in [-0.25, -0.2) is 4.39 Å². The van der Waals surface area contributed by atoms with E-state index in [1.54, 1.807) is 24.3 Å². The number of aromatic nitrogens is 1. The third kappa shape index (κ3) is 6.60. The molecule has 4 rings (SSSR count). The normalized spacial score (nSPS) is 21.4. The van der Waals surface area contributed by atoms with Gasteiger partial charge in [0.05, 0.1) is 11.3 Å². The van der Waals surface area contributed by atoms with Crippen molar-refractivity contribution in [1.29, 1.82) is 0 Å². The zero-order valence-electron chi connectivity index (χ0n) is 19.1. The van der Waals surface area contributed by atoms with Crippen molar-refractivity contribution < 1.29 is 14.0 Å². The fraction of sp³-hybridized carbons (Fsp3) is 0.500. The van der Waals surface area contributed by atoms with Crippen LogP contribution in [0.25, 0.3) is 11.3 Å². The van der Waals surface area contributed by atoms with Crippen LogP contribution in [0.5, 0.6) is 0 Å². The summed E-state index contributed by atoms with van der Waals surface area (Å²) < 4.78 is 13.4. The quantitative estimate of drug-likeness (QED) is 0.671. The van der Waals surface area contributed by atoms with Crippen LogP contribution in [0.3, 0.4) is 0 Å². The van der Waals surface area contributed by atoms with Crippen molar-refractivity contribution in [2.45, 2.75) is 51.0 Å². The summed E-state index contributed by atoms with van der Waals surface area (Å²) in [7, 11) is 0. The van der Waals surface area contributed by atoms with E-state index < -0.39 is 0 Å². The van der Waals surface area contributed by atoms with Crippen molar-refractivity contribution in [3.8, 4) is 11.3 Å². The number of carbonyl (C=O) groups is 2. The lowest BCUT2D eigenvalue weighted by Gasteiger charge is -2.29. The Bertz CT molecular complexity index is 936. The minimum Gasteiger partial charge on any atom is -0.355 e. The molecule has 1 aromatic heterocycles. The van der Waals surface area contributed by atoms with Gasteiger partial charge in [0.1, 0.15) is 5.82 Å². The highest BCUT2D eigenvalue weighted by Crippen LogP contribution is 2.25. The second-order valence-electron chi connectivity index (χ2n) is 9.16. The lowest BCUT2D eigenvalue weighted by atomic mass is 9.85.